The third-order valence-corrected chi connectivity index (χ3v) is 4.05. The lowest BCUT2D eigenvalue weighted by molar-refractivity contribution is -0.119. The fourth-order valence-electron chi connectivity index (χ4n) is 2.68. The van der Waals surface area contributed by atoms with Crippen LogP contribution in [-0.4, -0.2) is 42.5 Å². The van der Waals surface area contributed by atoms with Crippen LogP contribution in [0.2, 0.25) is 0 Å². The van der Waals surface area contributed by atoms with Crippen molar-refractivity contribution in [2.75, 3.05) is 31.5 Å². The molecule has 0 aliphatic carbocycles. The van der Waals surface area contributed by atoms with Crippen LogP contribution >= 0.6 is 0 Å². The zero-order valence-corrected chi connectivity index (χ0v) is 12.9. The zero-order valence-electron chi connectivity index (χ0n) is 12.9. The molecule has 0 radical (unpaired) electrons. The Kier molecular flexibility index (Phi) is 4.45. The van der Waals surface area contributed by atoms with Crippen molar-refractivity contribution >= 4 is 11.6 Å². The Morgan fingerprint density at radius 1 is 1.35 bits per heavy atom. The molecule has 110 valence electrons. The van der Waals surface area contributed by atoms with Crippen molar-refractivity contribution in [3.63, 3.8) is 0 Å². The van der Waals surface area contributed by atoms with E-state index in [1.165, 1.54) is 0 Å². The summed E-state index contributed by atoms with van der Waals surface area (Å²) in [4.78, 5) is 14.5. The number of aryl methyl sites for hydroxylation is 2. The summed E-state index contributed by atoms with van der Waals surface area (Å²) < 4.78 is 0. The second-order valence-corrected chi connectivity index (χ2v) is 6.23. The van der Waals surface area contributed by atoms with Gasteiger partial charge in [-0.3, -0.25) is 9.69 Å². The molecule has 4 heteroatoms. The van der Waals surface area contributed by atoms with Gasteiger partial charge in [-0.25, -0.2) is 0 Å². The fraction of sp³-hybridized carbons (Fsp3) is 0.562. The SMILES string of the molecule is Cc1cccc(C)c1NC(=O)CN1CCNCC1(C)C. The van der Waals surface area contributed by atoms with Crippen molar-refractivity contribution in [2.45, 2.75) is 33.2 Å². The zero-order chi connectivity index (χ0) is 14.8. The molecule has 0 bridgehead atoms. The minimum atomic E-state index is 0.0242. The molecule has 1 fully saturated rings. The van der Waals surface area contributed by atoms with Gasteiger partial charge in [0.05, 0.1) is 6.54 Å². The van der Waals surface area contributed by atoms with Gasteiger partial charge < -0.3 is 10.6 Å². The standard InChI is InChI=1S/C16H25N3O/c1-12-6-5-7-13(2)15(12)18-14(20)10-19-9-8-17-11-16(19,3)4/h5-7,17H,8-11H2,1-4H3,(H,18,20). The van der Waals surface area contributed by atoms with Crippen molar-refractivity contribution in [1.82, 2.24) is 10.2 Å². The molecule has 0 unspecified atom stereocenters. The lowest BCUT2D eigenvalue weighted by Gasteiger charge is -2.42. The molecule has 1 aromatic carbocycles. The van der Waals surface area contributed by atoms with Crippen molar-refractivity contribution < 1.29 is 4.79 Å². The summed E-state index contributed by atoms with van der Waals surface area (Å²) in [6.45, 7) is 11.6. The van der Waals surface area contributed by atoms with Crippen molar-refractivity contribution in [2.24, 2.45) is 0 Å². The molecular formula is C16H25N3O. The van der Waals surface area contributed by atoms with Crippen LogP contribution in [-0.2, 0) is 4.79 Å². The van der Waals surface area contributed by atoms with E-state index in [1.54, 1.807) is 0 Å². The van der Waals surface area contributed by atoms with Crippen LogP contribution in [0.4, 0.5) is 5.69 Å². The summed E-state index contributed by atoms with van der Waals surface area (Å²) >= 11 is 0. The predicted molar refractivity (Wildman–Crippen MR) is 83.1 cm³/mol. The third-order valence-electron chi connectivity index (χ3n) is 4.05. The second-order valence-electron chi connectivity index (χ2n) is 6.23. The molecule has 0 atom stereocenters. The Hall–Kier alpha value is -1.39. The molecule has 1 saturated heterocycles. The molecule has 4 nitrogen and oxygen atoms in total. The lowest BCUT2D eigenvalue weighted by atomic mass is 10.0. The van der Waals surface area contributed by atoms with Gasteiger partial charge in [0.1, 0.15) is 0 Å². The minimum absolute atomic E-state index is 0.0242. The number of piperazine rings is 1. The molecule has 1 amide bonds. The van der Waals surface area contributed by atoms with Crippen LogP contribution in [0.25, 0.3) is 0 Å². The molecule has 20 heavy (non-hydrogen) atoms. The monoisotopic (exact) mass is 275 g/mol. The number of rotatable bonds is 3. The van der Waals surface area contributed by atoms with Crippen LogP contribution < -0.4 is 10.6 Å². The highest BCUT2D eigenvalue weighted by Gasteiger charge is 2.30. The number of nitrogens with one attached hydrogen (secondary N) is 2. The molecule has 1 aliphatic rings. The van der Waals surface area contributed by atoms with E-state index < -0.39 is 0 Å². The number of anilines is 1. The van der Waals surface area contributed by atoms with E-state index in [-0.39, 0.29) is 11.4 Å². The maximum absolute atomic E-state index is 12.3. The molecule has 2 rings (SSSR count). The summed E-state index contributed by atoms with van der Waals surface area (Å²) in [5.74, 6) is 0.0670. The number of benzene rings is 1. The summed E-state index contributed by atoms with van der Waals surface area (Å²) in [6.07, 6.45) is 0. The lowest BCUT2D eigenvalue weighted by Crippen LogP contribution is -2.59. The number of carbonyl (C=O) groups excluding carboxylic acids is 1. The first-order valence-electron chi connectivity index (χ1n) is 7.22. The van der Waals surface area contributed by atoms with E-state index in [9.17, 15) is 4.79 Å². The van der Waals surface area contributed by atoms with Gasteiger partial charge in [-0.05, 0) is 38.8 Å². The van der Waals surface area contributed by atoms with Crippen LogP contribution in [0, 0.1) is 13.8 Å². The normalized spacial score (nSPS) is 18.8. The van der Waals surface area contributed by atoms with Gasteiger partial charge in [-0.15, -0.1) is 0 Å². The van der Waals surface area contributed by atoms with Crippen LogP contribution in [0.5, 0.6) is 0 Å². The number of hydrogen-bond acceptors (Lipinski definition) is 3. The Morgan fingerprint density at radius 2 is 2.00 bits per heavy atom. The van der Waals surface area contributed by atoms with Crippen molar-refractivity contribution in [3.05, 3.63) is 29.3 Å². The average molecular weight is 275 g/mol. The van der Waals surface area contributed by atoms with Gasteiger partial charge in [-0.1, -0.05) is 18.2 Å². The maximum atomic E-state index is 12.3. The van der Waals surface area contributed by atoms with E-state index in [0.29, 0.717) is 6.54 Å². The number of nitrogens with zero attached hydrogens (tertiary/aromatic N) is 1. The first kappa shape index (κ1) is 15.0. The van der Waals surface area contributed by atoms with Crippen LogP contribution in [0.1, 0.15) is 25.0 Å². The molecule has 1 aliphatic heterocycles. The average Bonchev–Trinajstić information content (AvgIpc) is 2.36. The Balaban J connectivity index is 2.02. The molecule has 1 aromatic rings. The van der Waals surface area contributed by atoms with Gasteiger partial charge in [0.25, 0.3) is 0 Å². The highest BCUT2D eigenvalue weighted by molar-refractivity contribution is 5.93. The molecule has 0 spiro atoms. The van der Waals surface area contributed by atoms with Crippen molar-refractivity contribution in [3.8, 4) is 0 Å². The minimum Gasteiger partial charge on any atom is -0.324 e. The van der Waals surface area contributed by atoms with E-state index in [2.05, 4.69) is 29.4 Å². The largest absolute Gasteiger partial charge is 0.324 e. The van der Waals surface area contributed by atoms with E-state index >= 15 is 0 Å². The molecular weight excluding hydrogens is 250 g/mol. The maximum Gasteiger partial charge on any atom is 0.238 e. The highest BCUT2D eigenvalue weighted by atomic mass is 16.2. The summed E-state index contributed by atoms with van der Waals surface area (Å²) in [5, 5.41) is 6.44. The number of amides is 1. The van der Waals surface area contributed by atoms with Gasteiger partial charge in [0.2, 0.25) is 5.91 Å². The molecule has 1 heterocycles. The smallest absolute Gasteiger partial charge is 0.238 e. The number of hydrogen-bond donors (Lipinski definition) is 2. The Bertz CT molecular complexity index is 476. The fourth-order valence-corrected chi connectivity index (χ4v) is 2.68. The highest BCUT2D eigenvalue weighted by Crippen LogP contribution is 2.20. The summed E-state index contributed by atoms with van der Waals surface area (Å²) in [7, 11) is 0. The van der Waals surface area contributed by atoms with E-state index in [1.807, 2.05) is 32.0 Å². The summed E-state index contributed by atoms with van der Waals surface area (Å²) in [6, 6.07) is 6.06. The quantitative estimate of drug-likeness (QED) is 0.886. The van der Waals surface area contributed by atoms with Gasteiger partial charge in [0, 0.05) is 30.9 Å². The van der Waals surface area contributed by atoms with E-state index in [4.69, 9.17) is 0 Å². The number of carbonyl (C=O) groups is 1. The van der Waals surface area contributed by atoms with Gasteiger partial charge >= 0.3 is 0 Å². The first-order chi connectivity index (χ1) is 9.40. The Morgan fingerprint density at radius 3 is 2.60 bits per heavy atom. The van der Waals surface area contributed by atoms with E-state index in [0.717, 1.165) is 36.4 Å². The van der Waals surface area contributed by atoms with Crippen LogP contribution in [0.3, 0.4) is 0 Å². The number of para-hydroxylation sites is 1. The van der Waals surface area contributed by atoms with Crippen LogP contribution in [0.15, 0.2) is 18.2 Å². The molecule has 0 saturated carbocycles. The van der Waals surface area contributed by atoms with Gasteiger partial charge in [-0.2, -0.15) is 0 Å². The van der Waals surface area contributed by atoms with Gasteiger partial charge in [0.15, 0.2) is 0 Å². The predicted octanol–water partition coefficient (Wildman–Crippen LogP) is 1.93. The summed E-state index contributed by atoms with van der Waals surface area (Å²) in [5.41, 5.74) is 3.19. The molecule has 0 aromatic heterocycles. The third kappa shape index (κ3) is 3.38. The topological polar surface area (TPSA) is 44.4 Å². The first-order valence-corrected chi connectivity index (χ1v) is 7.22. The second kappa shape index (κ2) is 5.94. The van der Waals surface area contributed by atoms with Crippen molar-refractivity contribution in [1.29, 1.82) is 0 Å². The Labute approximate surface area is 121 Å². The molecule has 2 N–H and O–H groups in total.